The van der Waals surface area contributed by atoms with Crippen LogP contribution in [-0.2, 0) is 0 Å². The molecule has 0 rings (SSSR count). The van der Waals surface area contributed by atoms with Crippen LogP contribution >= 0.6 is 98.5 Å². The lowest BCUT2D eigenvalue weighted by molar-refractivity contribution is 1.36. The van der Waals surface area contributed by atoms with Crippen molar-refractivity contribution in [2.24, 2.45) is 0 Å². The fourth-order valence-electron chi connectivity index (χ4n) is 0. The van der Waals surface area contributed by atoms with Gasteiger partial charge in [-0.05, 0) is 22.9 Å². The Morgan fingerprint density at radius 1 is 1.09 bits per heavy atom. The van der Waals surface area contributed by atoms with Crippen LogP contribution in [-0.4, -0.2) is 11.3 Å². The van der Waals surface area contributed by atoms with E-state index in [1.165, 1.54) is 0 Å². The highest BCUT2D eigenvalue weighted by Gasteiger charge is 2.14. The van der Waals surface area contributed by atoms with E-state index >= 15 is 0 Å². The minimum absolute atomic E-state index is 0.403. The molecule has 7 heteroatoms. The highest BCUT2D eigenvalue weighted by molar-refractivity contribution is 9.26. The van der Waals surface area contributed by atoms with Gasteiger partial charge < -0.3 is 0 Å². The standard InChI is InChI=1S/C2H2Br2Cl2.C2H3Br2Cl/c3-1-2(4,5)6;1-2(3,4)5/h1H2;1H3. The summed E-state index contributed by atoms with van der Waals surface area (Å²) in [5.41, 5.74) is 0. The van der Waals surface area contributed by atoms with Crippen LogP contribution in [0.25, 0.3) is 0 Å². The van der Waals surface area contributed by atoms with Gasteiger partial charge in [0.25, 0.3) is 0 Å². The van der Waals surface area contributed by atoms with E-state index in [4.69, 9.17) is 34.8 Å². The van der Waals surface area contributed by atoms with Crippen LogP contribution in [0.15, 0.2) is 0 Å². The largest absolute Gasteiger partial charge is 0.181 e. The Hall–Kier alpha value is 2.79. The normalized spacial score (nSPS) is 12.0. The van der Waals surface area contributed by atoms with Gasteiger partial charge in [-0.15, -0.1) is 0 Å². The van der Waals surface area contributed by atoms with Gasteiger partial charge in [0.1, 0.15) is 0 Å². The minimum Gasteiger partial charge on any atom is -0.0943 e. The molecule has 0 aromatic heterocycles. The van der Waals surface area contributed by atoms with E-state index in [0.717, 1.165) is 0 Å². The van der Waals surface area contributed by atoms with Gasteiger partial charge in [0.15, 0.2) is 5.94 Å². The smallest absolute Gasteiger partial charge is 0.0943 e. The number of hydrogen-bond donors (Lipinski definition) is 0. The Bertz CT molecular complexity index is 88.5. The molecule has 0 atom stereocenters. The van der Waals surface area contributed by atoms with Crippen LogP contribution in [0.2, 0.25) is 0 Å². The molecule has 0 spiro atoms. The first kappa shape index (κ1) is 16.2. The van der Waals surface area contributed by atoms with Crippen LogP contribution in [0.4, 0.5) is 0 Å². The average Bonchev–Trinajstić information content (AvgIpc) is 1.59. The van der Waals surface area contributed by atoms with E-state index in [2.05, 4.69) is 63.7 Å². The van der Waals surface area contributed by atoms with Crippen molar-refractivity contribution in [2.75, 3.05) is 5.33 Å². The van der Waals surface area contributed by atoms with Gasteiger partial charge in [0, 0.05) is 5.33 Å². The summed E-state index contributed by atoms with van der Waals surface area (Å²) >= 11 is 28.2. The molecule has 0 radical (unpaired) electrons. The van der Waals surface area contributed by atoms with Crippen molar-refractivity contribution in [3.05, 3.63) is 0 Å². The molecule has 0 saturated carbocycles. The second-order valence-corrected chi connectivity index (χ2v) is 11.7. The second kappa shape index (κ2) is 7.13. The topological polar surface area (TPSA) is 0 Å². The Kier molecular flexibility index (Phi) is 10.5. The van der Waals surface area contributed by atoms with Crippen LogP contribution in [0.5, 0.6) is 0 Å². The number of halogens is 7. The van der Waals surface area contributed by atoms with Crippen molar-refractivity contribution in [1.29, 1.82) is 0 Å². The Balaban J connectivity index is 0. The molecule has 0 unspecified atom stereocenters. The van der Waals surface area contributed by atoms with E-state index < -0.39 is 5.94 Å². The molecular formula is C4H5Br4Cl3. The first-order valence-corrected chi connectivity index (χ1v) is 6.89. The predicted molar refractivity (Wildman–Crippen MR) is 69.3 cm³/mol. The summed E-state index contributed by atoms with van der Waals surface area (Å²) in [7, 11) is 0. The molecule has 0 amide bonds. The first-order chi connectivity index (χ1) is 4.56. The van der Waals surface area contributed by atoms with Gasteiger partial charge in [-0.3, -0.25) is 0 Å². The van der Waals surface area contributed by atoms with E-state index in [-0.39, 0.29) is 0 Å². The van der Waals surface area contributed by atoms with Gasteiger partial charge in [0.2, 0.25) is 0 Å². The molecule has 70 valence electrons. The average molecular weight is 479 g/mol. The highest BCUT2D eigenvalue weighted by atomic mass is 79.9. The minimum atomic E-state index is -0.785. The third-order valence-electron chi connectivity index (χ3n) is 0.152. The molecule has 0 N–H and O–H groups in total. The second-order valence-electron chi connectivity index (χ2n) is 1.53. The van der Waals surface area contributed by atoms with E-state index in [1.54, 1.807) is 6.92 Å². The van der Waals surface area contributed by atoms with Crippen LogP contribution < -0.4 is 0 Å². The maximum absolute atomic E-state index is 5.36. The van der Waals surface area contributed by atoms with Gasteiger partial charge in [-0.1, -0.05) is 82.6 Å². The quantitative estimate of drug-likeness (QED) is 0.430. The fourth-order valence-corrected chi connectivity index (χ4v) is 0. The molecule has 0 heterocycles. The zero-order valence-corrected chi connectivity index (χ0v) is 14.0. The van der Waals surface area contributed by atoms with Crippen molar-refractivity contribution >= 4 is 98.5 Å². The molecule has 11 heavy (non-hydrogen) atoms. The summed E-state index contributed by atoms with van der Waals surface area (Å²) in [5, 5.41) is 0.531. The number of hydrogen-bond acceptors (Lipinski definition) is 0. The highest BCUT2D eigenvalue weighted by Crippen LogP contribution is 2.30. The van der Waals surface area contributed by atoms with Crippen LogP contribution in [0.1, 0.15) is 6.92 Å². The molecule has 0 aliphatic heterocycles. The summed E-state index contributed by atoms with van der Waals surface area (Å²) in [6.45, 7) is 1.79. The third-order valence-corrected chi connectivity index (χ3v) is 2.94. The van der Waals surface area contributed by atoms with Crippen molar-refractivity contribution < 1.29 is 0 Å². The van der Waals surface area contributed by atoms with Gasteiger partial charge in [-0.2, -0.15) is 0 Å². The van der Waals surface area contributed by atoms with Crippen molar-refractivity contribution in [1.82, 2.24) is 0 Å². The van der Waals surface area contributed by atoms with Gasteiger partial charge in [-0.25, -0.2) is 0 Å². The zero-order valence-electron chi connectivity index (χ0n) is 5.35. The van der Waals surface area contributed by atoms with Crippen LogP contribution in [0, 0.1) is 0 Å². The molecule has 0 fully saturated rings. The lowest BCUT2D eigenvalue weighted by Gasteiger charge is -2.01. The summed E-state index contributed by atoms with van der Waals surface area (Å²) in [5.74, 6) is 0. The molecule has 0 aliphatic rings. The first-order valence-electron chi connectivity index (χ1n) is 2.25. The molecule has 0 aliphatic carbocycles. The number of rotatable bonds is 1. The zero-order chi connectivity index (χ0) is 9.71. The SMILES string of the molecule is CC(Cl)(Br)Br.ClC(Cl)(Br)CBr. The lowest BCUT2D eigenvalue weighted by Crippen LogP contribution is -1.99. The van der Waals surface area contributed by atoms with E-state index in [9.17, 15) is 0 Å². The van der Waals surface area contributed by atoms with Crippen molar-refractivity contribution in [3.63, 3.8) is 0 Å². The summed E-state index contributed by atoms with van der Waals surface area (Å²) in [4.78, 5) is 0. The Labute approximate surface area is 115 Å². The van der Waals surface area contributed by atoms with Crippen molar-refractivity contribution in [2.45, 2.75) is 12.9 Å². The third kappa shape index (κ3) is 44.4. The maximum Gasteiger partial charge on any atom is 0.181 e. The number of alkyl halides is 7. The molecule has 0 aromatic carbocycles. The maximum atomic E-state index is 5.36. The predicted octanol–water partition coefficient (Wildman–Crippen LogP) is 5.60. The summed E-state index contributed by atoms with van der Waals surface area (Å²) in [6.07, 6.45) is 0. The fraction of sp³-hybridized carbons (Fsp3) is 1.00. The summed E-state index contributed by atoms with van der Waals surface area (Å²) < 4.78 is -1.19. The Morgan fingerprint density at radius 2 is 1.18 bits per heavy atom. The van der Waals surface area contributed by atoms with Crippen molar-refractivity contribution in [3.8, 4) is 0 Å². The molecule has 0 nitrogen and oxygen atoms in total. The van der Waals surface area contributed by atoms with E-state index in [1.807, 2.05) is 0 Å². The van der Waals surface area contributed by atoms with Gasteiger partial charge in [0.05, 0.1) is 0 Å². The summed E-state index contributed by atoms with van der Waals surface area (Å²) in [6, 6.07) is 0. The van der Waals surface area contributed by atoms with E-state index in [0.29, 0.717) is 5.33 Å². The molecule has 0 saturated heterocycles. The van der Waals surface area contributed by atoms with Crippen LogP contribution in [0.3, 0.4) is 0 Å². The Morgan fingerprint density at radius 3 is 1.18 bits per heavy atom. The molecular weight excluding hydrogens is 474 g/mol. The lowest BCUT2D eigenvalue weighted by atomic mass is 11.0. The monoisotopic (exact) mass is 474 g/mol. The molecule has 0 bridgehead atoms. The molecule has 0 aromatic rings. The van der Waals surface area contributed by atoms with Gasteiger partial charge >= 0.3 is 0 Å².